The molecule has 0 amide bonds. The Morgan fingerprint density at radius 2 is 2.00 bits per heavy atom. The summed E-state index contributed by atoms with van der Waals surface area (Å²) in [6, 6.07) is 0. The van der Waals surface area contributed by atoms with E-state index in [9.17, 15) is 4.79 Å². The van der Waals surface area contributed by atoms with Gasteiger partial charge >= 0.3 is 5.97 Å². The highest BCUT2D eigenvalue weighted by molar-refractivity contribution is 5.69. The van der Waals surface area contributed by atoms with Crippen molar-refractivity contribution in [3.05, 3.63) is 0 Å². The molecule has 0 aromatic heterocycles. The minimum absolute atomic E-state index is 0.0775. The fourth-order valence-corrected chi connectivity index (χ4v) is 0.761. The topological polar surface area (TPSA) is 30.7 Å². The van der Waals surface area contributed by atoms with Gasteiger partial charge in [0.25, 0.3) is 0 Å². The largest absolute Gasteiger partial charge is 0.460 e. The average Bonchev–Trinajstić information content (AvgIpc) is 1.84. The van der Waals surface area contributed by atoms with Crippen LogP contribution in [0.5, 0.6) is 0 Å². The predicted molar refractivity (Wildman–Crippen MR) is 48.1 cm³/mol. The molecule has 0 unspecified atom stereocenters. The highest BCUT2D eigenvalue weighted by atomic mass is 16.5. The summed E-state index contributed by atoms with van der Waals surface area (Å²) in [6.07, 6.45) is 0.531. The Morgan fingerprint density at radius 1 is 1.42 bits per heavy atom. The second kappa shape index (κ2) is 6.00. The Labute approximate surface area is 74.7 Å². The summed E-state index contributed by atoms with van der Waals surface area (Å²) in [7, 11) is 4.08. The van der Waals surface area contributed by atoms with Crippen molar-refractivity contribution in [2.45, 2.75) is 20.3 Å². The van der Waals surface area contributed by atoms with E-state index < -0.39 is 0 Å². The molecule has 0 aliphatic heterocycles. The van der Waals surface area contributed by atoms with Crippen LogP contribution in [0.2, 0.25) is 0 Å². The molecule has 0 heterocycles. The quantitative estimate of drug-likeness (QED) is 0.581. The lowest BCUT2D eigenvalue weighted by molar-refractivity contribution is -0.858. The van der Waals surface area contributed by atoms with Gasteiger partial charge in [-0.3, -0.25) is 4.79 Å². The van der Waals surface area contributed by atoms with Crippen molar-refractivity contribution in [3.8, 4) is 0 Å². The summed E-state index contributed by atoms with van der Waals surface area (Å²) < 4.78 is 5.00. The van der Waals surface area contributed by atoms with Gasteiger partial charge in [-0.25, -0.2) is 0 Å². The zero-order valence-electron chi connectivity index (χ0n) is 8.52. The molecule has 0 aliphatic carbocycles. The number of carbonyl (C=O) groups excluding carboxylic acids is 1. The van der Waals surface area contributed by atoms with Crippen LogP contribution >= 0.6 is 0 Å². The van der Waals surface area contributed by atoms with E-state index in [0.29, 0.717) is 18.9 Å². The van der Waals surface area contributed by atoms with Crippen molar-refractivity contribution in [2.24, 2.45) is 5.92 Å². The van der Waals surface area contributed by atoms with Crippen LogP contribution < -0.4 is 4.90 Å². The van der Waals surface area contributed by atoms with Crippen LogP contribution in [0.3, 0.4) is 0 Å². The van der Waals surface area contributed by atoms with Gasteiger partial charge in [-0.1, -0.05) is 13.8 Å². The number of hydrogen-bond acceptors (Lipinski definition) is 2. The third-order valence-electron chi connectivity index (χ3n) is 1.44. The van der Waals surface area contributed by atoms with Crippen LogP contribution in [0.4, 0.5) is 0 Å². The predicted octanol–water partition coefficient (Wildman–Crippen LogP) is -0.280. The summed E-state index contributed by atoms with van der Waals surface area (Å²) in [5.74, 6) is 0.315. The SMILES string of the molecule is CC(C)CC(=O)OCC[NH+](C)C. The second-order valence-corrected chi connectivity index (χ2v) is 3.78. The highest BCUT2D eigenvalue weighted by Crippen LogP contribution is 1.99. The van der Waals surface area contributed by atoms with Crippen molar-refractivity contribution in [1.29, 1.82) is 0 Å². The van der Waals surface area contributed by atoms with Crippen LogP contribution in [0.15, 0.2) is 0 Å². The molecule has 0 aromatic rings. The number of quaternary nitrogens is 1. The smallest absolute Gasteiger partial charge is 0.306 e. The minimum Gasteiger partial charge on any atom is -0.460 e. The van der Waals surface area contributed by atoms with Gasteiger partial charge in [-0.15, -0.1) is 0 Å². The lowest BCUT2D eigenvalue weighted by Gasteiger charge is -2.08. The summed E-state index contributed by atoms with van der Waals surface area (Å²) in [4.78, 5) is 12.3. The first kappa shape index (κ1) is 11.4. The lowest BCUT2D eigenvalue weighted by atomic mass is 10.1. The maximum atomic E-state index is 11.0. The molecule has 0 saturated carbocycles. The molecular formula is C9H20NO2+. The van der Waals surface area contributed by atoms with Gasteiger partial charge in [0, 0.05) is 6.42 Å². The van der Waals surface area contributed by atoms with Gasteiger partial charge in [-0.2, -0.15) is 0 Å². The summed E-state index contributed by atoms with van der Waals surface area (Å²) in [5, 5.41) is 0. The van der Waals surface area contributed by atoms with E-state index in [1.807, 2.05) is 27.9 Å². The molecule has 0 saturated heterocycles. The molecule has 0 aliphatic rings. The number of nitrogens with one attached hydrogen (secondary N) is 1. The summed E-state index contributed by atoms with van der Waals surface area (Å²) in [6.45, 7) is 5.44. The third-order valence-corrected chi connectivity index (χ3v) is 1.44. The van der Waals surface area contributed by atoms with E-state index >= 15 is 0 Å². The van der Waals surface area contributed by atoms with E-state index in [1.54, 1.807) is 0 Å². The number of ether oxygens (including phenoxy) is 1. The van der Waals surface area contributed by atoms with E-state index in [0.717, 1.165) is 6.54 Å². The zero-order valence-corrected chi connectivity index (χ0v) is 8.52. The molecule has 72 valence electrons. The van der Waals surface area contributed by atoms with Gasteiger partial charge < -0.3 is 9.64 Å². The Kier molecular flexibility index (Phi) is 5.72. The van der Waals surface area contributed by atoms with Gasteiger partial charge in [0.2, 0.25) is 0 Å². The van der Waals surface area contributed by atoms with Crippen LogP contribution in [0, 0.1) is 5.92 Å². The Morgan fingerprint density at radius 3 is 2.42 bits per heavy atom. The van der Waals surface area contributed by atoms with Crippen molar-refractivity contribution in [3.63, 3.8) is 0 Å². The molecule has 0 aromatic carbocycles. The highest BCUT2D eigenvalue weighted by Gasteiger charge is 2.05. The molecule has 0 atom stereocenters. The van der Waals surface area contributed by atoms with Gasteiger partial charge in [0.05, 0.1) is 14.1 Å². The Hall–Kier alpha value is -0.570. The van der Waals surface area contributed by atoms with Crippen LogP contribution in [-0.4, -0.2) is 33.2 Å². The molecule has 3 heteroatoms. The maximum Gasteiger partial charge on any atom is 0.306 e. The zero-order chi connectivity index (χ0) is 9.56. The fourth-order valence-electron chi connectivity index (χ4n) is 0.761. The van der Waals surface area contributed by atoms with Crippen molar-refractivity contribution in [2.75, 3.05) is 27.2 Å². The average molecular weight is 174 g/mol. The lowest BCUT2D eigenvalue weighted by Crippen LogP contribution is -3.06. The van der Waals surface area contributed by atoms with Gasteiger partial charge in [-0.05, 0) is 5.92 Å². The van der Waals surface area contributed by atoms with Crippen LogP contribution in [0.1, 0.15) is 20.3 Å². The Bertz CT molecular complexity index is 132. The van der Waals surface area contributed by atoms with E-state index in [1.165, 1.54) is 4.90 Å². The molecular weight excluding hydrogens is 154 g/mol. The first-order chi connectivity index (χ1) is 5.52. The van der Waals surface area contributed by atoms with Crippen molar-refractivity contribution >= 4 is 5.97 Å². The number of likely N-dealkylation sites (N-methyl/N-ethyl adjacent to an activating group) is 1. The maximum absolute atomic E-state index is 11.0. The first-order valence-electron chi connectivity index (χ1n) is 4.47. The minimum atomic E-state index is -0.0775. The number of hydrogen-bond donors (Lipinski definition) is 1. The third kappa shape index (κ3) is 7.54. The standard InChI is InChI=1S/C9H19NO2/c1-8(2)7-9(11)12-6-5-10(3)4/h8H,5-7H2,1-4H3/p+1. The summed E-state index contributed by atoms with van der Waals surface area (Å²) in [5.41, 5.74) is 0. The van der Waals surface area contributed by atoms with Crippen LogP contribution in [0.25, 0.3) is 0 Å². The van der Waals surface area contributed by atoms with Gasteiger partial charge in [0.1, 0.15) is 13.2 Å². The number of rotatable bonds is 5. The van der Waals surface area contributed by atoms with E-state index in [-0.39, 0.29) is 5.97 Å². The molecule has 0 fully saturated rings. The molecule has 3 nitrogen and oxygen atoms in total. The van der Waals surface area contributed by atoms with E-state index in [4.69, 9.17) is 4.74 Å². The fraction of sp³-hybridized carbons (Fsp3) is 0.889. The van der Waals surface area contributed by atoms with E-state index in [2.05, 4.69) is 0 Å². The molecule has 0 rings (SSSR count). The number of carbonyl (C=O) groups is 1. The summed E-state index contributed by atoms with van der Waals surface area (Å²) >= 11 is 0. The molecule has 0 bridgehead atoms. The molecule has 0 radical (unpaired) electrons. The van der Waals surface area contributed by atoms with Crippen LogP contribution in [-0.2, 0) is 9.53 Å². The van der Waals surface area contributed by atoms with Crippen molar-refractivity contribution in [1.82, 2.24) is 0 Å². The molecule has 12 heavy (non-hydrogen) atoms. The number of esters is 1. The van der Waals surface area contributed by atoms with Crippen molar-refractivity contribution < 1.29 is 14.4 Å². The van der Waals surface area contributed by atoms with Gasteiger partial charge in [0.15, 0.2) is 0 Å². The normalized spacial score (nSPS) is 10.8. The molecule has 0 spiro atoms. The Balaban J connectivity index is 3.32. The molecule has 1 N–H and O–H groups in total. The first-order valence-corrected chi connectivity index (χ1v) is 4.47. The monoisotopic (exact) mass is 174 g/mol. The second-order valence-electron chi connectivity index (χ2n) is 3.78.